The van der Waals surface area contributed by atoms with Crippen LogP contribution in [0.3, 0.4) is 0 Å². The standard InChI is InChI=1S/C16H33NO/c1-4-12-17-16(14(5-2)6-3)11-7-9-15-10-8-13-18-15/h14-17H,4-13H2,1-3H3. The van der Waals surface area contributed by atoms with E-state index in [9.17, 15) is 0 Å². The van der Waals surface area contributed by atoms with Crippen molar-refractivity contribution in [2.24, 2.45) is 5.92 Å². The number of rotatable bonds is 10. The van der Waals surface area contributed by atoms with Gasteiger partial charge in [-0.25, -0.2) is 0 Å². The fourth-order valence-electron chi connectivity index (χ4n) is 3.13. The first-order valence-corrected chi connectivity index (χ1v) is 8.16. The third-order valence-corrected chi connectivity index (χ3v) is 4.34. The van der Waals surface area contributed by atoms with Gasteiger partial charge in [-0.05, 0) is 51.0 Å². The van der Waals surface area contributed by atoms with Gasteiger partial charge in [0.2, 0.25) is 0 Å². The molecule has 1 N–H and O–H groups in total. The largest absolute Gasteiger partial charge is 0.378 e. The Morgan fingerprint density at radius 1 is 1.22 bits per heavy atom. The molecule has 1 rings (SSSR count). The molecule has 0 saturated carbocycles. The van der Waals surface area contributed by atoms with Gasteiger partial charge in [0.05, 0.1) is 6.10 Å². The van der Waals surface area contributed by atoms with Gasteiger partial charge in [0.25, 0.3) is 0 Å². The predicted molar refractivity (Wildman–Crippen MR) is 79.0 cm³/mol. The van der Waals surface area contributed by atoms with Gasteiger partial charge in [-0.15, -0.1) is 0 Å². The van der Waals surface area contributed by atoms with E-state index in [4.69, 9.17) is 4.74 Å². The van der Waals surface area contributed by atoms with E-state index in [0.717, 1.165) is 18.6 Å². The molecule has 0 aromatic heterocycles. The van der Waals surface area contributed by atoms with Crippen LogP contribution in [0.25, 0.3) is 0 Å². The molecule has 1 aliphatic rings. The van der Waals surface area contributed by atoms with Crippen LogP contribution in [-0.4, -0.2) is 25.3 Å². The SMILES string of the molecule is CCCNC(CCCC1CCCO1)C(CC)CC. The lowest BCUT2D eigenvalue weighted by Gasteiger charge is -2.27. The molecule has 0 spiro atoms. The lowest BCUT2D eigenvalue weighted by Crippen LogP contribution is -2.36. The van der Waals surface area contributed by atoms with Gasteiger partial charge in [0, 0.05) is 12.6 Å². The van der Waals surface area contributed by atoms with Crippen LogP contribution in [0.4, 0.5) is 0 Å². The summed E-state index contributed by atoms with van der Waals surface area (Å²) in [4.78, 5) is 0. The normalized spacial score (nSPS) is 21.7. The number of nitrogens with one attached hydrogen (secondary N) is 1. The van der Waals surface area contributed by atoms with Crippen molar-refractivity contribution >= 4 is 0 Å². The summed E-state index contributed by atoms with van der Waals surface area (Å²) in [6.45, 7) is 9.07. The van der Waals surface area contributed by atoms with Gasteiger partial charge in [0.1, 0.15) is 0 Å². The van der Waals surface area contributed by atoms with E-state index in [-0.39, 0.29) is 0 Å². The highest BCUT2D eigenvalue weighted by molar-refractivity contribution is 4.76. The number of hydrogen-bond donors (Lipinski definition) is 1. The summed E-state index contributed by atoms with van der Waals surface area (Å²) in [6.07, 6.45) is 10.9. The third kappa shape index (κ3) is 5.71. The van der Waals surface area contributed by atoms with Crippen molar-refractivity contribution in [2.75, 3.05) is 13.2 Å². The van der Waals surface area contributed by atoms with Crippen molar-refractivity contribution in [2.45, 2.75) is 84.3 Å². The summed E-state index contributed by atoms with van der Waals surface area (Å²) in [5.41, 5.74) is 0. The highest BCUT2D eigenvalue weighted by atomic mass is 16.5. The lowest BCUT2D eigenvalue weighted by molar-refractivity contribution is 0.100. The summed E-state index contributed by atoms with van der Waals surface area (Å²) in [5, 5.41) is 3.76. The molecular weight excluding hydrogens is 222 g/mol. The fourth-order valence-corrected chi connectivity index (χ4v) is 3.13. The van der Waals surface area contributed by atoms with Crippen LogP contribution in [0.1, 0.15) is 72.1 Å². The van der Waals surface area contributed by atoms with Crippen molar-refractivity contribution in [3.63, 3.8) is 0 Å². The smallest absolute Gasteiger partial charge is 0.0576 e. The molecule has 0 aromatic rings. The van der Waals surface area contributed by atoms with E-state index in [2.05, 4.69) is 26.1 Å². The van der Waals surface area contributed by atoms with Crippen LogP contribution in [0, 0.1) is 5.92 Å². The van der Waals surface area contributed by atoms with Gasteiger partial charge >= 0.3 is 0 Å². The Morgan fingerprint density at radius 2 is 2.00 bits per heavy atom. The molecule has 108 valence electrons. The maximum absolute atomic E-state index is 5.71. The minimum absolute atomic E-state index is 0.568. The molecule has 2 atom stereocenters. The second-order valence-corrected chi connectivity index (χ2v) is 5.70. The van der Waals surface area contributed by atoms with Gasteiger partial charge < -0.3 is 10.1 Å². The molecule has 0 amide bonds. The molecule has 18 heavy (non-hydrogen) atoms. The molecule has 1 saturated heterocycles. The lowest BCUT2D eigenvalue weighted by atomic mass is 9.90. The number of ether oxygens (including phenoxy) is 1. The Labute approximate surface area is 114 Å². The molecular formula is C16H33NO. The fraction of sp³-hybridized carbons (Fsp3) is 1.00. The van der Waals surface area contributed by atoms with Crippen molar-refractivity contribution in [3.8, 4) is 0 Å². The Bertz CT molecular complexity index is 186. The summed E-state index contributed by atoms with van der Waals surface area (Å²) < 4.78 is 5.71. The number of hydrogen-bond acceptors (Lipinski definition) is 2. The summed E-state index contributed by atoms with van der Waals surface area (Å²) in [5.74, 6) is 0.848. The summed E-state index contributed by atoms with van der Waals surface area (Å²) in [6, 6.07) is 0.723. The molecule has 2 nitrogen and oxygen atoms in total. The van der Waals surface area contributed by atoms with Gasteiger partial charge in [0.15, 0.2) is 0 Å². The highest BCUT2D eigenvalue weighted by Crippen LogP contribution is 2.22. The van der Waals surface area contributed by atoms with E-state index >= 15 is 0 Å². The molecule has 2 heteroatoms. The van der Waals surface area contributed by atoms with Crippen LogP contribution >= 0.6 is 0 Å². The Balaban J connectivity index is 2.25. The first-order chi connectivity index (χ1) is 8.81. The predicted octanol–water partition coefficient (Wildman–Crippen LogP) is 4.14. The van der Waals surface area contributed by atoms with Crippen LogP contribution in [0.15, 0.2) is 0 Å². The maximum Gasteiger partial charge on any atom is 0.0576 e. The second kappa shape index (κ2) is 9.80. The van der Waals surface area contributed by atoms with E-state index in [1.807, 2.05) is 0 Å². The van der Waals surface area contributed by atoms with E-state index in [1.54, 1.807) is 0 Å². The first kappa shape index (κ1) is 16.0. The first-order valence-electron chi connectivity index (χ1n) is 8.16. The Hall–Kier alpha value is -0.0800. The van der Waals surface area contributed by atoms with Gasteiger partial charge in [-0.1, -0.05) is 33.6 Å². The van der Waals surface area contributed by atoms with Crippen molar-refractivity contribution < 1.29 is 4.74 Å². The Kier molecular flexibility index (Phi) is 8.70. The molecule has 2 unspecified atom stereocenters. The van der Waals surface area contributed by atoms with Gasteiger partial charge in [-0.3, -0.25) is 0 Å². The highest BCUT2D eigenvalue weighted by Gasteiger charge is 2.19. The van der Waals surface area contributed by atoms with Crippen molar-refractivity contribution in [1.29, 1.82) is 0 Å². The molecule has 0 aliphatic carbocycles. The molecule has 1 heterocycles. The van der Waals surface area contributed by atoms with Crippen LogP contribution < -0.4 is 5.32 Å². The second-order valence-electron chi connectivity index (χ2n) is 5.70. The van der Waals surface area contributed by atoms with Crippen molar-refractivity contribution in [3.05, 3.63) is 0 Å². The third-order valence-electron chi connectivity index (χ3n) is 4.34. The van der Waals surface area contributed by atoms with E-state index < -0.39 is 0 Å². The zero-order valence-electron chi connectivity index (χ0n) is 12.7. The van der Waals surface area contributed by atoms with Crippen LogP contribution in [0.2, 0.25) is 0 Å². The minimum atomic E-state index is 0.568. The van der Waals surface area contributed by atoms with Crippen molar-refractivity contribution in [1.82, 2.24) is 5.32 Å². The molecule has 0 bridgehead atoms. The summed E-state index contributed by atoms with van der Waals surface area (Å²) in [7, 11) is 0. The molecule has 0 aromatic carbocycles. The van der Waals surface area contributed by atoms with Crippen LogP contribution in [0.5, 0.6) is 0 Å². The quantitative estimate of drug-likeness (QED) is 0.633. The molecule has 0 radical (unpaired) electrons. The Morgan fingerprint density at radius 3 is 2.56 bits per heavy atom. The minimum Gasteiger partial charge on any atom is -0.378 e. The zero-order chi connectivity index (χ0) is 13.2. The molecule has 1 fully saturated rings. The maximum atomic E-state index is 5.71. The monoisotopic (exact) mass is 255 g/mol. The average molecular weight is 255 g/mol. The molecule has 1 aliphatic heterocycles. The average Bonchev–Trinajstić information content (AvgIpc) is 2.89. The topological polar surface area (TPSA) is 21.3 Å². The zero-order valence-corrected chi connectivity index (χ0v) is 12.7. The van der Waals surface area contributed by atoms with Crippen LogP contribution in [-0.2, 0) is 4.74 Å². The van der Waals surface area contributed by atoms with E-state index in [0.29, 0.717) is 6.10 Å². The van der Waals surface area contributed by atoms with E-state index in [1.165, 1.54) is 57.9 Å². The van der Waals surface area contributed by atoms with Gasteiger partial charge in [-0.2, -0.15) is 0 Å². The summed E-state index contributed by atoms with van der Waals surface area (Å²) >= 11 is 0.